The minimum atomic E-state index is -3.63. The van der Waals surface area contributed by atoms with Crippen LogP contribution in [0.15, 0.2) is 18.2 Å². The van der Waals surface area contributed by atoms with E-state index >= 15 is 0 Å². The zero-order valence-electron chi connectivity index (χ0n) is 14.5. The SMILES string of the molecule is Cc1ccc(Cl)cc1N(C(C)C(=O)N1CCN(C)CC1)S(C)(=O)=O. The van der Waals surface area contributed by atoms with Gasteiger partial charge in [0.05, 0.1) is 11.9 Å². The van der Waals surface area contributed by atoms with E-state index in [1.807, 2.05) is 7.05 Å². The summed E-state index contributed by atoms with van der Waals surface area (Å²) in [5, 5.41) is 0.434. The van der Waals surface area contributed by atoms with E-state index in [1.54, 1.807) is 36.9 Å². The lowest BCUT2D eigenvalue weighted by Crippen LogP contribution is -2.54. The molecule has 0 spiro atoms. The maximum atomic E-state index is 12.8. The monoisotopic (exact) mass is 373 g/mol. The van der Waals surface area contributed by atoms with E-state index in [2.05, 4.69) is 4.90 Å². The van der Waals surface area contributed by atoms with Gasteiger partial charge in [-0.25, -0.2) is 8.42 Å². The van der Waals surface area contributed by atoms with Crippen LogP contribution in [-0.4, -0.2) is 69.6 Å². The number of amides is 1. The average Bonchev–Trinajstić information content (AvgIpc) is 2.49. The highest BCUT2D eigenvalue weighted by Crippen LogP contribution is 2.28. The number of carbonyl (C=O) groups is 1. The van der Waals surface area contributed by atoms with Crippen molar-refractivity contribution >= 4 is 33.2 Å². The van der Waals surface area contributed by atoms with Gasteiger partial charge in [0, 0.05) is 31.2 Å². The molecule has 0 bridgehead atoms. The molecule has 2 rings (SSSR count). The van der Waals surface area contributed by atoms with Gasteiger partial charge >= 0.3 is 0 Å². The topological polar surface area (TPSA) is 60.9 Å². The molecule has 0 saturated carbocycles. The van der Waals surface area contributed by atoms with Crippen LogP contribution in [0, 0.1) is 6.92 Å². The highest BCUT2D eigenvalue weighted by molar-refractivity contribution is 7.92. The molecule has 8 heteroatoms. The van der Waals surface area contributed by atoms with E-state index in [1.165, 1.54) is 4.31 Å². The van der Waals surface area contributed by atoms with Crippen LogP contribution in [0.5, 0.6) is 0 Å². The van der Waals surface area contributed by atoms with Gasteiger partial charge in [-0.3, -0.25) is 9.10 Å². The Balaban J connectivity index is 2.34. The van der Waals surface area contributed by atoms with Crippen molar-refractivity contribution in [2.45, 2.75) is 19.9 Å². The van der Waals surface area contributed by atoms with Crippen molar-refractivity contribution in [3.63, 3.8) is 0 Å². The highest BCUT2D eigenvalue weighted by Gasteiger charge is 2.33. The number of hydrogen-bond acceptors (Lipinski definition) is 4. The van der Waals surface area contributed by atoms with E-state index in [4.69, 9.17) is 11.6 Å². The summed E-state index contributed by atoms with van der Waals surface area (Å²) in [4.78, 5) is 16.7. The third kappa shape index (κ3) is 4.20. The Bertz CT molecular complexity index is 715. The second-order valence-corrected chi connectivity index (χ2v) is 8.59. The Morgan fingerprint density at radius 2 is 1.83 bits per heavy atom. The van der Waals surface area contributed by atoms with Crippen LogP contribution in [-0.2, 0) is 14.8 Å². The van der Waals surface area contributed by atoms with Crippen molar-refractivity contribution in [2.24, 2.45) is 0 Å². The summed E-state index contributed by atoms with van der Waals surface area (Å²) >= 11 is 6.04. The van der Waals surface area contributed by atoms with Crippen molar-refractivity contribution in [3.8, 4) is 0 Å². The van der Waals surface area contributed by atoms with Gasteiger partial charge in [0.25, 0.3) is 0 Å². The summed E-state index contributed by atoms with van der Waals surface area (Å²) in [6.45, 7) is 6.21. The van der Waals surface area contributed by atoms with Crippen molar-refractivity contribution in [3.05, 3.63) is 28.8 Å². The number of nitrogens with zero attached hydrogens (tertiary/aromatic N) is 3. The standard InChI is InChI=1S/C16H24ClN3O3S/c1-12-5-6-14(17)11-15(12)20(24(4,22)23)13(2)16(21)19-9-7-18(3)8-10-19/h5-6,11,13H,7-10H2,1-4H3. The van der Waals surface area contributed by atoms with Crippen LogP contribution in [0.3, 0.4) is 0 Å². The summed E-state index contributed by atoms with van der Waals surface area (Å²) in [7, 11) is -1.63. The molecule has 0 radical (unpaired) electrons. The van der Waals surface area contributed by atoms with Gasteiger partial charge < -0.3 is 9.80 Å². The molecule has 1 unspecified atom stereocenters. The molecule has 1 aliphatic rings. The smallest absolute Gasteiger partial charge is 0.246 e. The number of benzene rings is 1. The maximum Gasteiger partial charge on any atom is 0.246 e. The van der Waals surface area contributed by atoms with E-state index in [9.17, 15) is 13.2 Å². The molecule has 1 atom stereocenters. The highest BCUT2D eigenvalue weighted by atomic mass is 35.5. The fourth-order valence-corrected chi connectivity index (χ4v) is 4.27. The first kappa shape index (κ1) is 19.0. The van der Waals surface area contributed by atoms with Crippen molar-refractivity contribution in [1.82, 2.24) is 9.80 Å². The van der Waals surface area contributed by atoms with Crippen molar-refractivity contribution in [2.75, 3.05) is 43.8 Å². The summed E-state index contributed by atoms with van der Waals surface area (Å²) in [6.07, 6.45) is 1.11. The number of anilines is 1. The van der Waals surface area contributed by atoms with Crippen LogP contribution in [0.1, 0.15) is 12.5 Å². The van der Waals surface area contributed by atoms with Gasteiger partial charge in [-0.1, -0.05) is 17.7 Å². The van der Waals surface area contributed by atoms with Crippen LogP contribution in [0.4, 0.5) is 5.69 Å². The van der Waals surface area contributed by atoms with Gasteiger partial charge in [-0.15, -0.1) is 0 Å². The zero-order chi connectivity index (χ0) is 18.1. The molecule has 1 aromatic rings. The van der Waals surface area contributed by atoms with Crippen LogP contribution >= 0.6 is 11.6 Å². The molecule has 24 heavy (non-hydrogen) atoms. The molecular weight excluding hydrogens is 350 g/mol. The Morgan fingerprint density at radius 1 is 1.25 bits per heavy atom. The van der Waals surface area contributed by atoms with Crippen LogP contribution < -0.4 is 4.31 Å². The second-order valence-electron chi connectivity index (χ2n) is 6.29. The van der Waals surface area contributed by atoms with E-state index in [0.717, 1.165) is 24.9 Å². The maximum absolute atomic E-state index is 12.8. The summed E-state index contributed by atoms with van der Waals surface area (Å²) in [5.41, 5.74) is 1.20. The van der Waals surface area contributed by atoms with E-state index in [-0.39, 0.29) is 5.91 Å². The number of likely N-dealkylation sites (N-methyl/N-ethyl adjacent to an activating group) is 1. The molecule has 6 nitrogen and oxygen atoms in total. The fraction of sp³-hybridized carbons (Fsp3) is 0.562. The first-order valence-electron chi connectivity index (χ1n) is 7.84. The number of rotatable bonds is 4. The van der Waals surface area contributed by atoms with E-state index in [0.29, 0.717) is 23.8 Å². The predicted octanol–water partition coefficient (Wildman–Crippen LogP) is 1.58. The molecule has 1 fully saturated rings. The number of hydrogen-bond donors (Lipinski definition) is 0. The molecular formula is C16H24ClN3O3S. The molecule has 1 saturated heterocycles. The molecule has 0 N–H and O–H groups in total. The normalized spacial score (nSPS) is 17.6. The first-order chi connectivity index (χ1) is 11.1. The number of carbonyl (C=O) groups excluding carboxylic acids is 1. The molecule has 1 aromatic carbocycles. The fourth-order valence-electron chi connectivity index (χ4n) is 2.89. The largest absolute Gasteiger partial charge is 0.338 e. The lowest BCUT2D eigenvalue weighted by Gasteiger charge is -2.37. The molecule has 134 valence electrons. The number of piperazine rings is 1. The summed E-state index contributed by atoms with van der Waals surface area (Å²) < 4.78 is 25.9. The molecule has 1 amide bonds. The lowest BCUT2D eigenvalue weighted by molar-refractivity contribution is -0.133. The Hall–Kier alpha value is -1.31. The number of halogens is 1. The molecule has 1 aliphatic heterocycles. The molecule has 1 heterocycles. The Morgan fingerprint density at radius 3 is 2.38 bits per heavy atom. The summed E-state index contributed by atoms with van der Waals surface area (Å²) in [6, 6.07) is 4.23. The second kappa shape index (κ2) is 7.29. The number of sulfonamides is 1. The van der Waals surface area contributed by atoms with Gasteiger partial charge in [0.1, 0.15) is 6.04 Å². The number of aryl methyl sites for hydroxylation is 1. The van der Waals surface area contributed by atoms with E-state index < -0.39 is 16.1 Å². The third-order valence-electron chi connectivity index (χ3n) is 4.29. The first-order valence-corrected chi connectivity index (χ1v) is 10.1. The van der Waals surface area contributed by atoms with Gasteiger partial charge in [-0.05, 0) is 38.6 Å². The lowest BCUT2D eigenvalue weighted by atomic mass is 10.1. The van der Waals surface area contributed by atoms with Crippen molar-refractivity contribution in [1.29, 1.82) is 0 Å². The summed E-state index contributed by atoms with van der Waals surface area (Å²) in [5.74, 6) is -0.187. The van der Waals surface area contributed by atoms with Crippen LogP contribution in [0.25, 0.3) is 0 Å². The van der Waals surface area contributed by atoms with Crippen molar-refractivity contribution < 1.29 is 13.2 Å². The minimum absolute atomic E-state index is 0.187. The van der Waals surface area contributed by atoms with Gasteiger partial charge in [-0.2, -0.15) is 0 Å². The zero-order valence-corrected chi connectivity index (χ0v) is 16.1. The van der Waals surface area contributed by atoms with Crippen LogP contribution in [0.2, 0.25) is 5.02 Å². The third-order valence-corrected chi connectivity index (χ3v) is 5.75. The van der Waals surface area contributed by atoms with Gasteiger partial charge in [0.15, 0.2) is 0 Å². The average molecular weight is 374 g/mol. The minimum Gasteiger partial charge on any atom is -0.338 e. The Kier molecular flexibility index (Phi) is 5.78. The Labute approximate surface area is 149 Å². The molecule has 0 aromatic heterocycles. The predicted molar refractivity (Wildman–Crippen MR) is 97.1 cm³/mol. The molecule has 0 aliphatic carbocycles. The van der Waals surface area contributed by atoms with Gasteiger partial charge in [0.2, 0.25) is 15.9 Å². The quantitative estimate of drug-likeness (QED) is 0.803.